The third-order valence-electron chi connectivity index (χ3n) is 3.22. The molecule has 0 aromatic heterocycles. The van der Waals surface area contributed by atoms with E-state index in [9.17, 15) is 0 Å². The predicted molar refractivity (Wildman–Crippen MR) is 72.1 cm³/mol. The fourth-order valence-corrected chi connectivity index (χ4v) is 2.38. The van der Waals surface area contributed by atoms with Crippen molar-refractivity contribution in [3.8, 4) is 0 Å². The molecule has 0 spiro atoms. The Hall–Kier alpha value is -2.55. The van der Waals surface area contributed by atoms with Gasteiger partial charge in [0, 0.05) is 18.0 Å². The first-order chi connectivity index (χ1) is 8.93. The number of allylic oxidation sites excluding steroid dienone is 5. The lowest BCUT2D eigenvalue weighted by molar-refractivity contribution is 0.146. The summed E-state index contributed by atoms with van der Waals surface area (Å²) < 4.78 is 0. The molecule has 0 fully saturated rings. The number of benzene rings is 1. The number of hydrogen-bond acceptors (Lipinski definition) is 3. The van der Waals surface area contributed by atoms with Crippen LogP contribution < -0.4 is 0 Å². The zero-order valence-electron chi connectivity index (χ0n) is 9.69. The van der Waals surface area contributed by atoms with E-state index in [1.54, 1.807) is 0 Å². The molecule has 0 N–H and O–H groups in total. The van der Waals surface area contributed by atoms with E-state index in [1.807, 2.05) is 34.7 Å². The van der Waals surface area contributed by atoms with E-state index in [0.717, 1.165) is 11.4 Å². The van der Waals surface area contributed by atoms with Crippen LogP contribution in [0.15, 0.2) is 71.8 Å². The molecule has 0 atom stereocenters. The molecule has 4 rings (SSSR count). The van der Waals surface area contributed by atoms with Gasteiger partial charge in [-0.05, 0) is 23.8 Å². The van der Waals surface area contributed by atoms with Crippen LogP contribution in [0.3, 0.4) is 0 Å². The van der Waals surface area contributed by atoms with Gasteiger partial charge < -0.3 is 0 Å². The summed E-state index contributed by atoms with van der Waals surface area (Å²) in [5.41, 5.74) is 4.51. The van der Waals surface area contributed by atoms with E-state index < -0.39 is 0 Å². The summed E-state index contributed by atoms with van der Waals surface area (Å²) in [5.74, 6) is 0. The fraction of sp³-hybridized carbons (Fsp3) is 0. The monoisotopic (exact) mass is 233 g/mol. The van der Waals surface area contributed by atoms with Crippen molar-refractivity contribution >= 4 is 11.8 Å². The van der Waals surface area contributed by atoms with Crippen molar-refractivity contribution in [3.05, 3.63) is 77.8 Å². The van der Waals surface area contributed by atoms with Crippen LogP contribution in [-0.4, -0.2) is 15.8 Å². The molecule has 0 saturated heterocycles. The van der Waals surface area contributed by atoms with Crippen molar-refractivity contribution in [2.24, 2.45) is 5.10 Å². The highest BCUT2D eigenvalue weighted by molar-refractivity contribution is 6.15. The predicted octanol–water partition coefficient (Wildman–Crippen LogP) is 2.88. The first-order valence-electron chi connectivity index (χ1n) is 5.93. The zero-order chi connectivity index (χ0) is 11.9. The van der Waals surface area contributed by atoms with Crippen LogP contribution in [0, 0.1) is 0 Å². The van der Waals surface area contributed by atoms with Crippen LogP contribution in [0.2, 0.25) is 0 Å². The van der Waals surface area contributed by atoms with Crippen molar-refractivity contribution < 1.29 is 0 Å². The fourth-order valence-electron chi connectivity index (χ4n) is 2.38. The number of nitrogens with zero attached hydrogens (tertiary/aromatic N) is 3. The molecule has 3 heteroatoms. The summed E-state index contributed by atoms with van der Waals surface area (Å²) >= 11 is 0. The maximum Gasteiger partial charge on any atom is 0.119 e. The molecule has 1 aromatic carbocycles. The Morgan fingerprint density at radius 1 is 0.944 bits per heavy atom. The summed E-state index contributed by atoms with van der Waals surface area (Å²) in [4.78, 5) is 0. The van der Waals surface area contributed by atoms with Crippen LogP contribution in [0.25, 0.3) is 6.08 Å². The number of fused-ring (bicyclic) bond motifs is 5. The smallest absolute Gasteiger partial charge is 0.119 e. The number of rotatable bonds is 0. The number of hydrazone groups is 1. The molecule has 0 unspecified atom stereocenters. The molecule has 0 bridgehead atoms. The average molecular weight is 233 g/mol. The molecular formula is C15H11N3. The molecule has 1 aromatic rings. The normalized spacial score (nSPS) is 18.9. The van der Waals surface area contributed by atoms with Crippen molar-refractivity contribution in [2.75, 3.05) is 0 Å². The number of hydrogen-bond donors (Lipinski definition) is 0. The lowest BCUT2D eigenvalue weighted by Crippen LogP contribution is -2.26. The van der Waals surface area contributed by atoms with E-state index in [0.29, 0.717) is 0 Å². The molecule has 3 aliphatic rings. The van der Waals surface area contributed by atoms with Crippen LogP contribution in [-0.2, 0) is 0 Å². The second kappa shape index (κ2) is 3.47. The van der Waals surface area contributed by atoms with E-state index in [2.05, 4.69) is 47.6 Å². The maximum atomic E-state index is 4.66. The molecule has 0 amide bonds. The third-order valence-corrected chi connectivity index (χ3v) is 3.22. The van der Waals surface area contributed by atoms with Crippen LogP contribution >= 0.6 is 0 Å². The SMILES string of the molecule is C1=Cc2ccccc2C2=NN3C=CC=CN3C2=C1. The van der Waals surface area contributed by atoms with Crippen molar-refractivity contribution in [1.29, 1.82) is 0 Å². The molecule has 2 aliphatic heterocycles. The number of hydrazine groups is 1. The van der Waals surface area contributed by atoms with E-state index >= 15 is 0 Å². The lowest BCUT2D eigenvalue weighted by atomic mass is 10.0. The van der Waals surface area contributed by atoms with Gasteiger partial charge in [-0.1, -0.05) is 36.4 Å². The maximum absolute atomic E-state index is 4.66. The molecule has 18 heavy (non-hydrogen) atoms. The van der Waals surface area contributed by atoms with Gasteiger partial charge in [-0.3, -0.25) is 0 Å². The first-order valence-corrected chi connectivity index (χ1v) is 5.93. The van der Waals surface area contributed by atoms with Gasteiger partial charge in [0.05, 0.1) is 5.70 Å². The molecule has 2 heterocycles. The van der Waals surface area contributed by atoms with E-state index in [1.165, 1.54) is 11.1 Å². The molecule has 3 nitrogen and oxygen atoms in total. The summed E-state index contributed by atoms with van der Waals surface area (Å²) in [7, 11) is 0. The minimum Gasteiger partial charge on any atom is -0.239 e. The van der Waals surface area contributed by atoms with Gasteiger partial charge in [-0.25, -0.2) is 5.01 Å². The van der Waals surface area contributed by atoms with Gasteiger partial charge in [0.25, 0.3) is 0 Å². The van der Waals surface area contributed by atoms with Crippen LogP contribution in [0.5, 0.6) is 0 Å². The summed E-state index contributed by atoms with van der Waals surface area (Å²) in [6.45, 7) is 0. The quantitative estimate of drug-likeness (QED) is 0.686. The van der Waals surface area contributed by atoms with Gasteiger partial charge >= 0.3 is 0 Å². The van der Waals surface area contributed by atoms with Gasteiger partial charge in [-0.15, -0.1) is 5.10 Å². The highest BCUT2D eigenvalue weighted by Crippen LogP contribution is 2.30. The Kier molecular flexibility index (Phi) is 1.83. The second-order valence-electron chi connectivity index (χ2n) is 4.29. The van der Waals surface area contributed by atoms with Crippen LogP contribution in [0.1, 0.15) is 11.1 Å². The summed E-state index contributed by atoms with van der Waals surface area (Å²) in [6, 6.07) is 8.33. The Morgan fingerprint density at radius 2 is 1.83 bits per heavy atom. The van der Waals surface area contributed by atoms with Crippen LogP contribution in [0.4, 0.5) is 0 Å². The highest BCUT2D eigenvalue weighted by atomic mass is 15.8. The first kappa shape index (κ1) is 9.48. The van der Waals surface area contributed by atoms with E-state index in [-0.39, 0.29) is 0 Å². The Bertz CT molecular complexity index is 662. The minimum absolute atomic E-state index is 1.02. The minimum atomic E-state index is 1.02. The van der Waals surface area contributed by atoms with Crippen molar-refractivity contribution in [3.63, 3.8) is 0 Å². The highest BCUT2D eigenvalue weighted by Gasteiger charge is 2.29. The molecular weight excluding hydrogens is 222 g/mol. The van der Waals surface area contributed by atoms with Crippen molar-refractivity contribution in [2.45, 2.75) is 0 Å². The Morgan fingerprint density at radius 3 is 2.83 bits per heavy atom. The summed E-state index contributed by atoms with van der Waals surface area (Å²) in [5, 5.41) is 8.56. The largest absolute Gasteiger partial charge is 0.239 e. The molecule has 0 saturated carbocycles. The molecule has 1 aliphatic carbocycles. The Balaban J connectivity index is 1.93. The molecule has 0 radical (unpaired) electrons. The van der Waals surface area contributed by atoms with Gasteiger partial charge in [-0.2, -0.15) is 5.12 Å². The van der Waals surface area contributed by atoms with Gasteiger partial charge in [0.1, 0.15) is 5.71 Å². The Labute approximate surface area is 105 Å². The van der Waals surface area contributed by atoms with Gasteiger partial charge in [0.15, 0.2) is 0 Å². The average Bonchev–Trinajstić information content (AvgIpc) is 2.69. The topological polar surface area (TPSA) is 18.8 Å². The standard InChI is InChI=1S/C15H11N3/c1-2-8-13-12(6-1)7-5-9-14-15(13)16-18-11-4-3-10-17(14)18/h1-11H. The summed E-state index contributed by atoms with van der Waals surface area (Å²) in [6.07, 6.45) is 14.3. The second-order valence-corrected chi connectivity index (χ2v) is 4.29. The zero-order valence-corrected chi connectivity index (χ0v) is 9.69. The van der Waals surface area contributed by atoms with Crippen molar-refractivity contribution in [1.82, 2.24) is 10.1 Å². The van der Waals surface area contributed by atoms with E-state index in [4.69, 9.17) is 0 Å². The van der Waals surface area contributed by atoms with Gasteiger partial charge in [0.2, 0.25) is 0 Å². The molecule has 86 valence electrons. The lowest BCUT2D eigenvalue weighted by Gasteiger charge is -2.24. The third kappa shape index (κ3) is 1.21.